The summed E-state index contributed by atoms with van der Waals surface area (Å²) in [6.45, 7) is 6.92. The lowest BCUT2D eigenvalue weighted by Gasteiger charge is -2.15. The van der Waals surface area contributed by atoms with Crippen LogP contribution in [0.25, 0.3) is 11.1 Å². The number of ether oxygens (including phenoxy) is 2. The molecule has 0 saturated heterocycles. The molecule has 0 saturated carbocycles. The number of hydrogen-bond acceptors (Lipinski definition) is 4. The van der Waals surface area contributed by atoms with Crippen LogP contribution >= 0.6 is 0 Å². The van der Waals surface area contributed by atoms with Crippen molar-refractivity contribution >= 4 is 11.8 Å². The summed E-state index contributed by atoms with van der Waals surface area (Å²) in [4.78, 5) is 9.02. The highest BCUT2D eigenvalue weighted by atomic mass is 16.5. The predicted octanol–water partition coefficient (Wildman–Crippen LogP) is 3.52. The van der Waals surface area contributed by atoms with Crippen molar-refractivity contribution in [2.75, 3.05) is 26.3 Å². The topological polar surface area (TPSA) is 43.2 Å². The van der Waals surface area contributed by atoms with Crippen LogP contribution < -0.4 is 0 Å². The minimum atomic E-state index is 0.652. The zero-order valence-corrected chi connectivity index (χ0v) is 14.0. The minimum Gasteiger partial charge on any atom is -0.475 e. The summed E-state index contributed by atoms with van der Waals surface area (Å²) >= 11 is 0. The van der Waals surface area contributed by atoms with Gasteiger partial charge >= 0.3 is 0 Å². The van der Waals surface area contributed by atoms with E-state index in [9.17, 15) is 0 Å². The maximum atomic E-state index is 5.73. The molecular weight excluding hydrogens is 300 g/mol. The molecule has 0 fully saturated rings. The van der Waals surface area contributed by atoms with Gasteiger partial charge in [0.1, 0.15) is 13.2 Å². The van der Waals surface area contributed by atoms with Gasteiger partial charge in [0.25, 0.3) is 0 Å². The van der Waals surface area contributed by atoms with Crippen molar-refractivity contribution < 1.29 is 9.47 Å². The van der Waals surface area contributed by atoms with Crippen molar-refractivity contribution in [3.8, 4) is 11.1 Å². The predicted molar refractivity (Wildman–Crippen MR) is 96.1 cm³/mol. The SMILES string of the molecule is Cc1ccc(-c2ccc(C)cc2C2=NCCO2)c(C2=NCCO2)c1. The van der Waals surface area contributed by atoms with E-state index in [-0.39, 0.29) is 0 Å². The van der Waals surface area contributed by atoms with Crippen molar-refractivity contribution in [3.63, 3.8) is 0 Å². The van der Waals surface area contributed by atoms with Crippen molar-refractivity contribution in [2.45, 2.75) is 13.8 Å². The normalized spacial score (nSPS) is 16.4. The molecule has 24 heavy (non-hydrogen) atoms. The fourth-order valence-electron chi connectivity index (χ4n) is 3.14. The lowest BCUT2D eigenvalue weighted by Crippen LogP contribution is -2.08. The largest absolute Gasteiger partial charge is 0.475 e. The van der Waals surface area contributed by atoms with Crippen molar-refractivity contribution in [3.05, 3.63) is 58.7 Å². The number of hydrogen-bond donors (Lipinski definition) is 0. The van der Waals surface area contributed by atoms with Crippen LogP contribution in [0, 0.1) is 13.8 Å². The molecule has 122 valence electrons. The summed E-state index contributed by atoms with van der Waals surface area (Å²) in [5, 5.41) is 0. The van der Waals surface area contributed by atoms with Gasteiger partial charge in [-0.3, -0.25) is 0 Å². The second-order valence-electron chi connectivity index (χ2n) is 6.17. The molecule has 4 nitrogen and oxygen atoms in total. The molecule has 2 aromatic carbocycles. The van der Waals surface area contributed by atoms with Gasteiger partial charge < -0.3 is 9.47 Å². The Balaban J connectivity index is 1.91. The van der Waals surface area contributed by atoms with Gasteiger partial charge in [0, 0.05) is 11.1 Å². The number of aliphatic imine (C=N–C) groups is 2. The maximum Gasteiger partial charge on any atom is 0.216 e. The molecule has 4 heteroatoms. The Morgan fingerprint density at radius 1 is 0.667 bits per heavy atom. The first-order chi connectivity index (χ1) is 11.7. The highest BCUT2D eigenvalue weighted by molar-refractivity contribution is 6.07. The van der Waals surface area contributed by atoms with E-state index in [1.807, 2.05) is 0 Å². The zero-order chi connectivity index (χ0) is 16.5. The second kappa shape index (κ2) is 6.11. The summed E-state index contributed by atoms with van der Waals surface area (Å²) in [6, 6.07) is 12.8. The number of nitrogens with zero attached hydrogens (tertiary/aromatic N) is 2. The smallest absolute Gasteiger partial charge is 0.216 e. The Morgan fingerprint density at radius 2 is 1.12 bits per heavy atom. The third kappa shape index (κ3) is 2.68. The van der Waals surface area contributed by atoms with Gasteiger partial charge in [-0.1, -0.05) is 35.4 Å². The van der Waals surface area contributed by atoms with Gasteiger partial charge in [-0.2, -0.15) is 0 Å². The van der Waals surface area contributed by atoms with Crippen LogP contribution in [-0.2, 0) is 9.47 Å². The summed E-state index contributed by atoms with van der Waals surface area (Å²) in [5.41, 5.74) is 6.67. The van der Waals surface area contributed by atoms with E-state index in [4.69, 9.17) is 9.47 Å². The molecule has 2 aliphatic rings. The highest BCUT2D eigenvalue weighted by Crippen LogP contribution is 2.31. The van der Waals surface area contributed by atoms with Gasteiger partial charge in [-0.05, 0) is 37.1 Å². The van der Waals surface area contributed by atoms with Gasteiger partial charge in [0.15, 0.2) is 0 Å². The highest BCUT2D eigenvalue weighted by Gasteiger charge is 2.21. The number of benzene rings is 2. The average Bonchev–Trinajstić information content (AvgIpc) is 3.29. The molecular formula is C20H20N2O2. The fourth-order valence-corrected chi connectivity index (χ4v) is 3.14. The van der Waals surface area contributed by atoms with E-state index in [1.54, 1.807) is 0 Å². The maximum absolute atomic E-state index is 5.73. The molecule has 0 spiro atoms. The third-order valence-corrected chi connectivity index (χ3v) is 4.27. The van der Waals surface area contributed by atoms with Crippen molar-refractivity contribution in [1.29, 1.82) is 0 Å². The van der Waals surface area contributed by atoms with Crippen LogP contribution in [0.15, 0.2) is 46.4 Å². The van der Waals surface area contributed by atoms with Gasteiger partial charge in [0.05, 0.1) is 13.1 Å². The standard InChI is InChI=1S/C20H20N2O2/c1-13-3-5-15(17(11-13)19-21-7-9-23-19)16-6-4-14(2)12-18(16)20-22-8-10-24-20/h3-6,11-12H,7-10H2,1-2H3. The van der Waals surface area contributed by atoms with E-state index < -0.39 is 0 Å². The van der Waals surface area contributed by atoms with Gasteiger partial charge in [0.2, 0.25) is 11.8 Å². The van der Waals surface area contributed by atoms with E-state index in [1.165, 1.54) is 11.1 Å². The second-order valence-corrected chi connectivity index (χ2v) is 6.17. The van der Waals surface area contributed by atoms with E-state index in [2.05, 4.69) is 60.2 Å². The molecule has 2 aliphatic heterocycles. The van der Waals surface area contributed by atoms with E-state index in [0.29, 0.717) is 13.2 Å². The van der Waals surface area contributed by atoms with Gasteiger partial charge in [-0.15, -0.1) is 0 Å². The third-order valence-electron chi connectivity index (χ3n) is 4.27. The van der Waals surface area contributed by atoms with Gasteiger partial charge in [-0.25, -0.2) is 9.98 Å². The van der Waals surface area contributed by atoms with Crippen LogP contribution in [-0.4, -0.2) is 38.1 Å². The minimum absolute atomic E-state index is 0.652. The Morgan fingerprint density at radius 3 is 1.50 bits per heavy atom. The lowest BCUT2D eigenvalue weighted by atomic mass is 9.92. The first kappa shape index (κ1) is 14.9. The quantitative estimate of drug-likeness (QED) is 0.868. The summed E-state index contributed by atoms with van der Waals surface area (Å²) in [5.74, 6) is 1.46. The first-order valence-corrected chi connectivity index (χ1v) is 8.29. The van der Waals surface area contributed by atoms with Crippen molar-refractivity contribution in [2.24, 2.45) is 9.98 Å². The Labute approximate surface area is 141 Å². The molecule has 0 bridgehead atoms. The molecule has 0 radical (unpaired) electrons. The Hall–Kier alpha value is -2.62. The molecule has 0 atom stereocenters. The molecule has 0 N–H and O–H groups in total. The molecule has 2 aromatic rings. The summed E-state index contributed by atoms with van der Waals surface area (Å²) in [7, 11) is 0. The molecule has 2 heterocycles. The number of aryl methyl sites for hydroxylation is 2. The van der Waals surface area contributed by atoms with Crippen LogP contribution in [0.1, 0.15) is 22.3 Å². The van der Waals surface area contributed by atoms with E-state index in [0.717, 1.165) is 47.1 Å². The van der Waals surface area contributed by atoms with E-state index >= 15 is 0 Å². The Kier molecular flexibility index (Phi) is 3.81. The number of rotatable bonds is 3. The molecule has 4 rings (SSSR count). The summed E-state index contributed by atoms with van der Waals surface area (Å²) in [6.07, 6.45) is 0. The molecule has 0 amide bonds. The van der Waals surface area contributed by atoms with Crippen LogP contribution in [0.2, 0.25) is 0 Å². The van der Waals surface area contributed by atoms with Crippen molar-refractivity contribution in [1.82, 2.24) is 0 Å². The van der Waals surface area contributed by atoms with Crippen LogP contribution in [0.5, 0.6) is 0 Å². The fraction of sp³-hybridized carbons (Fsp3) is 0.300. The first-order valence-electron chi connectivity index (χ1n) is 8.29. The molecule has 0 aromatic heterocycles. The van der Waals surface area contributed by atoms with Crippen LogP contribution in [0.4, 0.5) is 0 Å². The van der Waals surface area contributed by atoms with Crippen LogP contribution in [0.3, 0.4) is 0 Å². The lowest BCUT2D eigenvalue weighted by molar-refractivity contribution is 0.348. The monoisotopic (exact) mass is 320 g/mol. The summed E-state index contributed by atoms with van der Waals surface area (Å²) < 4.78 is 11.5. The zero-order valence-electron chi connectivity index (χ0n) is 14.0. The molecule has 0 aliphatic carbocycles. The molecule has 0 unspecified atom stereocenters. The average molecular weight is 320 g/mol. The Bertz CT molecular complexity index is 781.